The van der Waals surface area contributed by atoms with Crippen molar-refractivity contribution in [1.82, 2.24) is 4.90 Å². The van der Waals surface area contributed by atoms with Gasteiger partial charge < -0.3 is 10.2 Å². The Bertz CT molecular complexity index is 985. The summed E-state index contributed by atoms with van der Waals surface area (Å²) in [6.45, 7) is 4.65. The zero-order valence-corrected chi connectivity index (χ0v) is 16.7. The van der Waals surface area contributed by atoms with Gasteiger partial charge in [-0.2, -0.15) is 23.4 Å². The van der Waals surface area contributed by atoms with Crippen LogP contribution in [0.3, 0.4) is 0 Å². The van der Waals surface area contributed by atoms with Gasteiger partial charge in [0.15, 0.2) is 6.04 Å². The number of hydrogen-bond acceptors (Lipinski definition) is 4. The van der Waals surface area contributed by atoms with Gasteiger partial charge in [0.25, 0.3) is 11.8 Å². The van der Waals surface area contributed by atoms with Crippen molar-refractivity contribution in [2.24, 2.45) is 16.1 Å². The van der Waals surface area contributed by atoms with Crippen LogP contribution in [0, 0.1) is 5.92 Å². The molecule has 2 amide bonds. The second kappa shape index (κ2) is 8.25. The van der Waals surface area contributed by atoms with Crippen molar-refractivity contribution in [2.75, 3.05) is 18.9 Å². The predicted molar refractivity (Wildman–Crippen MR) is 106 cm³/mol. The van der Waals surface area contributed by atoms with Crippen molar-refractivity contribution in [3.05, 3.63) is 59.2 Å². The maximum Gasteiger partial charge on any atom is 0.418 e. The Balaban J connectivity index is 1.78. The second-order valence-corrected chi connectivity index (χ2v) is 7.50. The van der Waals surface area contributed by atoms with E-state index in [0.717, 1.165) is 6.07 Å². The first-order chi connectivity index (χ1) is 14.1. The van der Waals surface area contributed by atoms with E-state index in [2.05, 4.69) is 15.5 Å². The van der Waals surface area contributed by atoms with E-state index < -0.39 is 23.7 Å². The lowest BCUT2D eigenvalue weighted by Crippen LogP contribution is -2.30. The molecule has 1 N–H and O–H groups in total. The number of benzene rings is 2. The third-order valence-electron chi connectivity index (χ3n) is 4.58. The largest absolute Gasteiger partial charge is 0.418 e. The molecular weight excluding hydrogens is 397 g/mol. The van der Waals surface area contributed by atoms with Gasteiger partial charge in [-0.25, -0.2) is 0 Å². The molecule has 0 saturated heterocycles. The molecule has 0 fully saturated rings. The van der Waals surface area contributed by atoms with E-state index in [4.69, 9.17) is 0 Å². The number of carbonyl (C=O) groups is 2. The van der Waals surface area contributed by atoms with E-state index in [1.165, 1.54) is 12.1 Å². The number of nitrogens with zero attached hydrogens (tertiary/aromatic N) is 3. The van der Waals surface area contributed by atoms with Gasteiger partial charge in [0.05, 0.1) is 16.9 Å². The van der Waals surface area contributed by atoms with Crippen LogP contribution in [0.1, 0.15) is 41.4 Å². The first kappa shape index (κ1) is 21.5. The van der Waals surface area contributed by atoms with Gasteiger partial charge in [-0.1, -0.05) is 26.0 Å². The molecule has 2 aromatic carbocycles. The van der Waals surface area contributed by atoms with Crippen LogP contribution in [0.4, 0.5) is 24.5 Å². The van der Waals surface area contributed by atoms with E-state index in [-0.39, 0.29) is 17.2 Å². The molecule has 1 atom stereocenters. The Morgan fingerprint density at radius 1 is 1.17 bits per heavy atom. The fourth-order valence-electron chi connectivity index (χ4n) is 3.27. The number of alkyl halides is 3. The molecule has 30 heavy (non-hydrogen) atoms. The highest BCUT2D eigenvalue weighted by molar-refractivity contribution is 6.03. The predicted octanol–water partition coefficient (Wildman–Crippen LogP) is 5.21. The van der Waals surface area contributed by atoms with Crippen LogP contribution in [-0.4, -0.2) is 30.3 Å². The number of azo groups is 1. The number of anilines is 1. The van der Waals surface area contributed by atoms with Crippen molar-refractivity contribution in [3.8, 4) is 0 Å². The van der Waals surface area contributed by atoms with Gasteiger partial charge in [-0.05, 0) is 36.2 Å². The Kier molecular flexibility index (Phi) is 5.91. The van der Waals surface area contributed by atoms with Crippen LogP contribution in [0.2, 0.25) is 0 Å². The zero-order chi connectivity index (χ0) is 22.1. The molecule has 0 spiro atoms. The number of carbonyl (C=O) groups excluding carboxylic acids is 2. The van der Waals surface area contributed by atoms with Gasteiger partial charge in [0, 0.05) is 24.7 Å². The molecular formula is C21H21F3N4O2. The van der Waals surface area contributed by atoms with Gasteiger partial charge in [0.1, 0.15) is 0 Å². The monoisotopic (exact) mass is 418 g/mol. The molecule has 0 saturated carbocycles. The summed E-state index contributed by atoms with van der Waals surface area (Å²) in [5, 5.41) is 10.2. The van der Waals surface area contributed by atoms with E-state index in [1.807, 2.05) is 13.8 Å². The molecule has 1 aliphatic rings. The van der Waals surface area contributed by atoms with Crippen LogP contribution < -0.4 is 5.32 Å². The number of hydrogen-bond donors (Lipinski definition) is 1. The van der Waals surface area contributed by atoms with Crippen molar-refractivity contribution in [2.45, 2.75) is 26.1 Å². The van der Waals surface area contributed by atoms with Gasteiger partial charge in [-0.3, -0.25) is 9.59 Å². The molecule has 2 aromatic rings. The van der Waals surface area contributed by atoms with E-state index in [1.54, 1.807) is 36.2 Å². The molecule has 0 unspecified atom stereocenters. The third-order valence-corrected chi connectivity index (χ3v) is 4.58. The Morgan fingerprint density at radius 3 is 2.43 bits per heavy atom. The summed E-state index contributed by atoms with van der Waals surface area (Å²) in [6, 6.07) is 8.72. The van der Waals surface area contributed by atoms with E-state index >= 15 is 0 Å². The lowest BCUT2D eigenvalue weighted by Gasteiger charge is -2.19. The Hall–Kier alpha value is -3.23. The van der Waals surface area contributed by atoms with Gasteiger partial charge >= 0.3 is 6.18 Å². The molecule has 1 aliphatic heterocycles. The van der Waals surface area contributed by atoms with Crippen LogP contribution in [0.15, 0.2) is 52.7 Å². The zero-order valence-electron chi connectivity index (χ0n) is 16.7. The number of fused-ring (bicyclic) bond motifs is 1. The highest BCUT2D eigenvalue weighted by Crippen LogP contribution is 2.43. The smallest absolute Gasteiger partial charge is 0.341 e. The average molecular weight is 418 g/mol. The normalized spacial score (nSPS) is 16.1. The molecule has 1 heterocycles. The minimum atomic E-state index is -4.59. The van der Waals surface area contributed by atoms with Crippen LogP contribution >= 0.6 is 0 Å². The fourth-order valence-corrected chi connectivity index (χ4v) is 3.27. The molecule has 0 aromatic heterocycles. The minimum absolute atomic E-state index is 0.126. The van der Waals surface area contributed by atoms with E-state index in [9.17, 15) is 22.8 Å². The number of amides is 2. The number of para-hydroxylation sites is 1. The lowest BCUT2D eigenvalue weighted by atomic mass is 10.0. The first-order valence-corrected chi connectivity index (χ1v) is 9.35. The number of halogens is 3. The number of rotatable bonds is 5. The fraction of sp³-hybridized carbons (Fsp3) is 0.333. The van der Waals surface area contributed by atoms with Gasteiger partial charge in [0.2, 0.25) is 0 Å². The standard InChI is InChI=1S/C21H21F3N4O2/c1-12(2)11-28(3)20(30)13-7-9-14(10-8-13)26-27-18-15-5-4-6-16(21(22,23)24)17(15)25-19(18)29/h4-10,12,18H,11H2,1-3H3,(H,25,29)/t18-/m1/s1. The summed E-state index contributed by atoms with van der Waals surface area (Å²) in [7, 11) is 1.72. The second-order valence-electron chi connectivity index (χ2n) is 7.50. The molecule has 0 bridgehead atoms. The highest BCUT2D eigenvalue weighted by atomic mass is 19.4. The average Bonchev–Trinajstić information content (AvgIpc) is 2.99. The lowest BCUT2D eigenvalue weighted by molar-refractivity contribution is -0.136. The van der Waals surface area contributed by atoms with Crippen molar-refractivity contribution < 1.29 is 22.8 Å². The van der Waals surface area contributed by atoms with Crippen LogP contribution in [0.5, 0.6) is 0 Å². The third kappa shape index (κ3) is 4.50. The minimum Gasteiger partial charge on any atom is -0.341 e. The first-order valence-electron chi connectivity index (χ1n) is 9.35. The molecule has 6 nitrogen and oxygen atoms in total. The van der Waals surface area contributed by atoms with Crippen LogP contribution in [-0.2, 0) is 11.0 Å². The topological polar surface area (TPSA) is 74.1 Å². The quantitative estimate of drug-likeness (QED) is 0.677. The molecule has 0 radical (unpaired) electrons. The van der Waals surface area contributed by atoms with Crippen molar-refractivity contribution in [1.29, 1.82) is 0 Å². The summed E-state index contributed by atoms with van der Waals surface area (Å²) in [6.07, 6.45) is -4.59. The highest BCUT2D eigenvalue weighted by Gasteiger charge is 2.40. The summed E-state index contributed by atoms with van der Waals surface area (Å²) < 4.78 is 39.4. The summed E-state index contributed by atoms with van der Waals surface area (Å²) in [5.41, 5.74) is -0.213. The Morgan fingerprint density at radius 2 is 1.83 bits per heavy atom. The SMILES string of the molecule is CC(C)CN(C)C(=O)c1ccc(N=N[C@H]2C(=O)Nc3c2cccc3C(F)(F)F)cc1. The summed E-state index contributed by atoms with van der Waals surface area (Å²) in [4.78, 5) is 26.2. The molecule has 3 rings (SSSR count). The van der Waals surface area contributed by atoms with E-state index in [0.29, 0.717) is 23.7 Å². The Labute approximate surface area is 171 Å². The summed E-state index contributed by atoms with van der Waals surface area (Å²) >= 11 is 0. The van der Waals surface area contributed by atoms with Crippen molar-refractivity contribution >= 4 is 23.2 Å². The number of nitrogens with one attached hydrogen (secondary N) is 1. The maximum absolute atomic E-state index is 13.1. The van der Waals surface area contributed by atoms with Crippen LogP contribution in [0.25, 0.3) is 0 Å². The molecule has 0 aliphatic carbocycles. The molecule has 158 valence electrons. The maximum atomic E-state index is 13.1. The van der Waals surface area contributed by atoms with Crippen molar-refractivity contribution in [3.63, 3.8) is 0 Å². The summed E-state index contributed by atoms with van der Waals surface area (Å²) in [5.74, 6) is -0.464. The molecule has 9 heteroatoms. The van der Waals surface area contributed by atoms with Gasteiger partial charge in [-0.15, -0.1) is 0 Å².